The summed E-state index contributed by atoms with van der Waals surface area (Å²) in [6.07, 6.45) is 0.427. The predicted molar refractivity (Wildman–Crippen MR) is 49.4 cm³/mol. The number of nitrogen functional groups attached to an aromatic ring is 1. The van der Waals surface area contributed by atoms with Gasteiger partial charge in [-0.2, -0.15) is 0 Å². The van der Waals surface area contributed by atoms with Crippen molar-refractivity contribution in [3.8, 4) is 0 Å². The highest BCUT2D eigenvalue weighted by Gasteiger charge is 2.35. The van der Waals surface area contributed by atoms with Gasteiger partial charge in [0.2, 0.25) is 5.79 Å². The molecule has 1 unspecified atom stereocenters. The molecule has 0 aliphatic carbocycles. The van der Waals surface area contributed by atoms with Crippen LogP contribution in [0.1, 0.15) is 12.0 Å². The summed E-state index contributed by atoms with van der Waals surface area (Å²) in [5.74, 6) is -1.46. The van der Waals surface area contributed by atoms with E-state index < -0.39 is 5.79 Å². The van der Waals surface area contributed by atoms with Gasteiger partial charge in [-0.25, -0.2) is 9.82 Å². The molecule has 0 bridgehead atoms. The summed E-state index contributed by atoms with van der Waals surface area (Å²) in [5, 5.41) is 0. The Labute approximate surface area is 76.1 Å². The van der Waals surface area contributed by atoms with Crippen LogP contribution in [0.5, 0.6) is 0 Å². The summed E-state index contributed by atoms with van der Waals surface area (Å²) in [6.45, 7) is 0.630. The zero-order chi connectivity index (χ0) is 9.31. The van der Waals surface area contributed by atoms with Crippen LogP contribution in [0.2, 0.25) is 0 Å². The number of benzene rings is 1. The molecule has 0 amide bonds. The van der Waals surface area contributed by atoms with Crippen LogP contribution in [-0.2, 0) is 5.79 Å². The standard InChI is InChI=1S/C9H12FN3/c10-9(4-5-12-13-9)7-2-1-3-8(11)6-7/h1-3,6,12-13H,4-5,11H2. The lowest BCUT2D eigenvalue weighted by Crippen LogP contribution is -2.37. The van der Waals surface area contributed by atoms with Crippen LogP contribution in [0.3, 0.4) is 0 Å². The van der Waals surface area contributed by atoms with Gasteiger partial charge < -0.3 is 5.73 Å². The van der Waals surface area contributed by atoms with Crippen molar-refractivity contribution in [1.29, 1.82) is 0 Å². The molecule has 1 aliphatic rings. The molecule has 1 aromatic carbocycles. The van der Waals surface area contributed by atoms with E-state index in [9.17, 15) is 4.39 Å². The molecule has 0 radical (unpaired) electrons. The maximum absolute atomic E-state index is 14.0. The lowest BCUT2D eigenvalue weighted by molar-refractivity contribution is 0.135. The molecule has 0 aromatic heterocycles. The van der Waals surface area contributed by atoms with E-state index in [1.807, 2.05) is 0 Å². The highest BCUT2D eigenvalue weighted by Crippen LogP contribution is 2.29. The molecule has 13 heavy (non-hydrogen) atoms. The van der Waals surface area contributed by atoms with Crippen molar-refractivity contribution in [3.63, 3.8) is 0 Å². The number of hydrogen-bond donors (Lipinski definition) is 3. The lowest BCUT2D eigenvalue weighted by Gasteiger charge is -2.19. The molecule has 1 atom stereocenters. The second-order valence-corrected chi connectivity index (χ2v) is 3.23. The minimum absolute atomic E-state index is 0.427. The molecule has 3 nitrogen and oxygen atoms in total. The Balaban J connectivity index is 2.33. The molecule has 2 rings (SSSR count). The number of hydrogen-bond acceptors (Lipinski definition) is 3. The third-order valence-electron chi connectivity index (χ3n) is 2.23. The maximum Gasteiger partial charge on any atom is 0.200 e. The zero-order valence-electron chi connectivity index (χ0n) is 7.18. The Morgan fingerprint density at radius 3 is 2.92 bits per heavy atom. The van der Waals surface area contributed by atoms with Gasteiger partial charge in [-0.05, 0) is 12.1 Å². The fourth-order valence-electron chi connectivity index (χ4n) is 1.50. The number of alkyl halides is 1. The molecular formula is C9H12FN3. The molecule has 1 aromatic rings. The zero-order valence-corrected chi connectivity index (χ0v) is 7.18. The van der Waals surface area contributed by atoms with Crippen molar-refractivity contribution in [2.45, 2.75) is 12.2 Å². The van der Waals surface area contributed by atoms with E-state index in [2.05, 4.69) is 10.9 Å². The summed E-state index contributed by atoms with van der Waals surface area (Å²) < 4.78 is 14.0. The SMILES string of the molecule is Nc1cccc(C2(F)CCNN2)c1. The summed E-state index contributed by atoms with van der Waals surface area (Å²) in [5.41, 5.74) is 12.1. The summed E-state index contributed by atoms with van der Waals surface area (Å²) in [6, 6.07) is 6.89. The van der Waals surface area contributed by atoms with E-state index in [1.165, 1.54) is 0 Å². The maximum atomic E-state index is 14.0. The first-order valence-corrected chi connectivity index (χ1v) is 4.26. The highest BCUT2D eigenvalue weighted by molar-refractivity contribution is 5.42. The van der Waals surface area contributed by atoms with Crippen molar-refractivity contribution in [2.75, 3.05) is 12.3 Å². The Bertz CT molecular complexity index is 307. The third-order valence-corrected chi connectivity index (χ3v) is 2.23. The first kappa shape index (κ1) is 8.47. The van der Waals surface area contributed by atoms with Crippen molar-refractivity contribution in [1.82, 2.24) is 10.9 Å². The van der Waals surface area contributed by atoms with Crippen LogP contribution in [0.25, 0.3) is 0 Å². The van der Waals surface area contributed by atoms with Crippen LogP contribution in [0, 0.1) is 0 Å². The van der Waals surface area contributed by atoms with Gasteiger partial charge in [-0.15, -0.1) is 0 Å². The Hall–Kier alpha value is -1.13. The molecule has 1 aliphatic heterocycles. The second kappa shape index (κ2) is 2.97. The van der Waals surface area contributed by atoms with Gasteiger partial charge in [0, 0.05) is 24.2 Å². The van der Waals surface area contributed by atoms with E-state index in [0.717, 1.165) is 0 Å². The van der Waals surface area contributed by atoms with Crippen LogP contribution in [0.4, 0.5) is 10.1 Å². The van der Waals surface area contributed by atoms with Crippen LogP contribution >= 0.6 is 0 Å². The average molecular weight is 181 g/mol. The van der Waals surface area contributed by atoms with Crippen LogP contribution in [0.15, 0.2) is 24.3 Å². The molecule has 70 valence electrons. The fourth-order valence-corrected chi connectivity index (χ4v) is 1.50. The fraction of sp³-hybridized carbons (Fsp3) is 0.333. The number of rotatable bonds is 1. The first-order chi connectivity index (χ1) is 6.21. The van der Waals surface area contributed by atoms with Crippen LogP contribution in [-0.4, -0.2) is 6.54 Å². The Morgan fingerprint density at radius 1 is 1.46 bits per heavy atom. The lowest BCUT2D eigenvalue weighted by atomic mass is 10.0. The molecule has 1 heterocycles. The van der Waals surface area contributed by atoms with E-state index in [4.69, 9.17) is 5.73 Å². The number of halogens is 1. The van der Waals surface area contributed by atoms with Gasteiger partial charge >= 0.3 is 0 Å². The largest absolute Gasteiger partial charge is 0.399 e. The second-order valence-electron chi connectivity index (χ2n) is 3.23. The Kier molecular flexibility index (Phi) is 1.94. The first-order valence-electron chi connectivity index (χ1n) is 4.26. The average Bonchev–Trinajstić information content (AvgIpc) is 2.54. The molecule has 0 spiro atoms. The van der Waals surface area contributed by atoms with Gasteiger partial charge in [-0.1, -0.05) is 12.1 Å². The third kappa shape index (κ3) is 1.50. The number of nitrogens with two attached hydrogens (primary N) is 1. The van der Waals surface area contributed by atoms with Gasteiger partial charge in [0.1, 0.15) is 0 Å². The number of nitrogens with one attached hydrogen (secondary N) is 2. The topological polar surface area (TPSA) is 50.1 Å². The smallest absolute Gasteiger partial charge is 0.200 e. The summed E-state index contributed by atoms with van der Waals surface area (Å²) >= 11 is 0. The van der Waals surface area contributed by atoms with E-state index in [0.29, 0.717) is 24.2 Å². The van der Waals surface area contributed by atoms with Gasteiger partial charge in [0.05, 0.1) is 0 Å². The molecule has 0 saturated carbocycles. The van der Waals surface area contributed by atoms with Crippen molar-refractivity contribution in [2.24, 2.45) is 0 Å². The molecule has 1 saturated heterocycles. The number of hydrazine groups is 1. The predicted octanol–water partition coefficient (Wildman–Crippen LogP) is 0.889. The van der Waals surface area contributed by atoms with E-state index in [-0.39, 0.29) is 0 Å². The summed E-state index contributed by atoms with van der Waals surface area (Å²) in [4.78, 5) is 0. The quantitative estimate of drug-likeness (QED) is 0.445. The van der Waals surface area contributed by atoms with Gasteiger partial charge in [0.25, 0.3) is 0 Å². The molecule has 4 heteroatoms. The molecular weight excluding hydrogens is 169 g/mol. The molecule has 1 fully saturated rings. The van der Waals surface area contributed by atoms with Crippen molar-refractivity contribution < 1.29 is 4.39 Å². The van der Waals surface area contributed by atoms with E-state index >= 15 is 0 Å². The monoisotopic (exact) mass is 181 g/mol. The van der Waals surface area contributed by atoms with Gasteiger partial charge in [-0.3, -0.25) is 5.43 Å². The highest BCUT2D eigenvalue weighted by atomic mass is 19.1. The normalized spacial score (nSPS) is 27.8. The Morgan fingerprint density at radius 2 is 2.31 bits per heavy atom. The van der Waals surface area contributed by atoms with Gasteiger partial charge in [0.15, 0.2) is 0 Å². The number of anilines is 1. The molecule has 4 N–H and O–H groups in total. The van der Waals surface area contributed by atoms with Crippen LogP contribution < -0.4 is 16.6 Å². The minimum Gasteiger partial charge on any atom is -0.399 e. The van der Waals surface area contributed by atoms with E-state index in [1.54, 1.807) is 24.3 Å². The minimum atomic E-state index is -1.46. The van der Waals surface area contributed by atoms with Crippen molar-refractivity contribution in [3.05, 3.63) is 29.8 Å². The van der Waals surface area contributed by atoms with Crippen molar-refractivity contribution >= 4 is 5.69 Å². The summed E-state index contributed by atoms with van der Waals surface area (Å²) in [7, 11) is 0.